The number of ether oxygens (including phenoxy) is 2. The van der Waals surface area contributed by atoms with Crippen LogP contribution in [0.5, 0.6) is 5.75 Å². The fraction of sp³-hybridized carbons (Fsp3) is 0.474. The van der Waals surface area contributed by atoms with Crippen molar-refractivity contribution in [2.24, 2.45) is 0 Å². The fourth-order valence-electron chi connectivity index (χ4n) is 3.10. The molecule has 3 unspecified atom stereocenters. The molecule has 2 heterocycles. The van der Waals surface area contributed by atoms with Crippen molar-refractivity contribution >= 4 is 38.3 Å². The molecule has 1 aliphatic heterocycles. The summed E-state index contributed by atoms with van der Waals surface area (Å²) in [7, 11) is 0. The largest absolute Gasteiger partial charge is 0.480 e. The molecular weight excluding hydrogens is 449 g/mol. The first kappa shape index (κ1) is 21.2. The van der Waals surface area contributed by atoms with E-state index in [1.807, 2.05) is 5.38 Å². The van der Waals surface area contributed by atoms with E-state index in [1.54, 1.807) is 6.92 Å². The Morgan fingerprint density at radius 3 is 2.86 bits per heavy atom. The van der Waals surface area contributed by atoms with Crippen molar-refractivity contribution in [3.05, 3.63) is 39.6 Å². The number of nitrogens with zero attached hydrogens (tertiary/aromatic N) is 2. The van der Waals surface area contributed by atoms with Crippen molar-refractivity contribution in [2.45, 2.75) is 45.6 Å². The molecule has 6 nitrogen and oxygen atoms in total. The second kappa shape index (κ2) is 9.30. The van der Waals surface area contributed by atoms with Gasteiger partial charge in [0.25, 0.3) is 5.91 Å². The number of benzene rings is 1. The molecule has 3 atom stereocenters. The van der Waals surface area contributed by atoms with E-state index in [0.29, 0.717) is 15.4 Å². The number of carbonyl (C=O) groups excluding carboxylic acids is 1. The monoisotopic (exact) mass is 471 g/mol. The molecule has 0 bridgehead atoms. The van der Waals surface area contributed by atoms with Crippen LogP contribution in [0.4, 0.5) is 9.52 Å². The minimum absolute atomic E-state index is 0.199. The van der Waals surface area contributed by atoms with Crippen molar-refractivity contribution in [3.63, 3.8) is 0 Å². The zero-order chi connectivity index (χ0) is 20.3. The third kappa shape index (κ3) is 5.73. The normalized spacial score (nSPS) is 21.3. The Labute approximate surface area is 176 Å². The molecule has 0 aliphatic carbocycles. The number of nitrogens with one attached hydrogen (secondary N) is 1. The number of anilines is 1. The summed E-state index contributed by atoms with van der Waals surface area (Å²) in [5.41, 5.74) is 0.913. The highest BCUT2D eigenvalue weighted by Crippen LogP contribution is 2.27. The number of halogens is 2. The lowest BCUT2D eigenvalue weighted by molar-refractivity contribution is -0.122. The van der Waals surface area contributed by atoms with Crippen LogP contribution >= 0.6 is 27.3 Å². The van der Waals surface area contributed by atoms with Crippen molar-refractivity contribution in [2.75, 3.05) is 18.4 Å². The van der Waals surface area contributed by atoms with Crippen molar-refractivity contribution in [1.29, 1.82) is 0 Å². The van der Waals surface area contributed by atoms with Crippen molar-refractivity contribution < 1.29 is 18.7 Å². The number of morpholine rings is 1. The van der Waals surface area contributed by atoms with Crippen LogP contribution in [0.1, 0.15) is 26.5 Å². The van der Waals surface area contributed by atoms with Crippen molar-refractivity contribution in [3.8, 4) is 5.75 Å². The number of hydrogen-bond acceptors (Lipinski definition) is 6. The van der Waals surface area contributed by atoms with Gasteiger partial charge in [-0.15, -0.1) is 11.3 Å². The van der Waals surface area contributed by atoms with Gasteiger partial charge in [0.2, 0.25) is 0 Å². The Hall–Kier alpha value is -1.55. The summed E-state index contributed by atoms with van der Waals surface area (Å²) < 4.78 is 25.0. The van der Waals surface area contributed by atoms with Crippen LogP contribution in [-0.4, -0.2) is 47.2 Å². The maximum absolute atomic E-state index is 13.2. The highest BCUT2D eigenvalue weighted by molar-refractivity contribution is 9.10. The molecule has 0 saturated carbocycles. The third-order valence-electron chi connectivity index (χ3n) is 4.23. The van der Waals surface area contributed by atoms with Gasteiger partial charge in [0.1, 0.15) is 11.6 Å². The number of rotatable bonds is 6. The second-order valence-electron chi connectivity index (χ2n) is 6.92. The predicted molar refractivity (Wildman–Crippen MR) is 110 cm³/mol. The average Bonchev–Trinajstić information content (AvgIpc) is 3.03. The van der Waals surface area contributed by atoms with E-state index in [-0.39, 0.29) is 23.9 Å². The third-order valence-corrected chi connectivity index (χ3v) is 5.66. The summed E-state index contributed by atoms with van der Waals surface area (Å²) in [5.74, 6) is -0.291. The van der Waals surface area contributed by atoms with E-state index in [2.05, 4.69) is 45.0 Å². The molecule has 0 spiro atoms. The van der Waals surface area contributed by atoms with E-state index in [9.17, 15) is 9.18 Å². The van der Waals surface area contributed by atoms with Gasteiger partial charge in [-0.3, -0.25) is 15.0 Å². The van der Waals surface area contributed by atoms with Crippen LogP contribution in [0.15, 0.2) is 28.1 Å². The summed E-state index contributed by atoms with van der Waals surface area (Å²) in [6, 6.07) is 4.06. The first-order chi connectivity index (χ1) is 13.3. The zero-order valence-corrected chi connectivity index (χ0v) is 18.3. The first-order valence-electron chi connectivity index (χ1n) is 9.05. The van der Waals surface area contributed by atoms with E-state index in [4.69, 9.17) is 9.47 Å². The molecule has 0 radical (unpaired) electrons. The summed E-state index contributed by atoms with van der Waals surface area (Å²) >= 11 is 4.61. The Kier molecular flexibility index (Phi) is 7.03. The van der Waals surface area contributed by atoms with E-state index in [0.717, 1.165) is 25.3 Å². The van der Waals surface area contributed by atoms with E-state index < -0.39 is 6.10 Å². The minimum atomic E-state index is -0.755. The molecule has 1 N–H and O–H groups in total. The molecule has 1 aromatic heterocycles. The molecule has 1 fully saturated rings. The number of amides is 1. The van der Waals surface area contributed by atoms with Crippen LogP contribution in [0.3, 0.4) is 0 Å². The highest BCUT2D eigenvalue weighted by Gasteiger charge is 2.23. The lowest BCUT2D eigenvalue weighted by atomic mass is 10.2. The van der Waals surface area contributed by atoms with Gasteiger partial charge in [-0.25, -0.2) is 9.37 Å². The average molecular weight is 472 g/mol. The predicted octanol–water partition coefficient (Wildman–Crippen LogP) is 4.06. The molecule has 2 aromatic rings. The van der Waals surface area contributed by atoms with E-state index in [1.165, 1.54) is 29.5 Å². The molecule has 1 aromatic carbocycles. The number of thiazole rings is 1. The second-order valence-corrected chi connectivity index (χ2v) is 8.63. The Morgan fingerprint density at radius 1 is 1.46 bits per heavy atom. The van der Waals surface area contributed by atoms with Gasteiger partial charge >= 0.3 is 0 Å². The van der Waals surface area contributed by atoms with Gasteiger partial charge in [-0.1, -0.05) is 0 Å². The quantitative estimate of drug-likeness (QED) is 0.687. The lowest BCUT2D eigenvalue weighted by Crippen LogP contribution is -2.44. The number of carbonyl (C=O) groups is 1. The summed E-state index contributed by atoms with van der Waals surface area (Å²) in [5, 5.41) is 5.26. The zero-order valence-electron chi connectivity index (χ0n) is 15.9. The number of hydrogen-bond donors (Lipinski definition) is 1. The Bertz CT molecular complexity index is 825. The number of aromatic nitrogens is 1. The maximum Gasteiger partial charge on any atom is 0.266 e. The SMILES string of the molecule is CC1CN(Cc2csc(NC(=O)C(C)Oc3ccc(F)cc3Br)n2)CC(C)O1. The van der Waals surface area contributed by atoms with E-state index >= 15 is 0 Å². The van der Waals surface area contributed by atoms with Gasteiger partial charge in [-0.05, 0) is 54.9 Å². The molecule has 1 saturated heterocycles. The Morgan fingerprint density at radius 2 is 2.18 bits per heavy atom. The molecular formula is C19H23BrFN3O3S. The Balaban J connectivity index is 1.54. The van der Waals surface area contributed by atoms with Crippen LogP contribution in [-0.2, 0) is 16.1 Å². The molecule has 1 aliphatic rings. The van der Waals surface area contributed by atoms with Gasteiger partial charge < -0.3 is 9.47 Å². The van der Waals surface area contributed by atoms with Crippen LogP contribution in [0, 0.1) is 5.82 Å². The maximum atomic E-state index is 13.2. The molecule has 1 amide bonds. The van der Waals surface area contributed by atoms with Gasteiger partial charge in [0.15, 0.2) is 11.2 Å². The van der Waals surface area contributed by atoms with Crippen LogP contribution < -0.4 is 10.1 Å². The van der Waals surface area contributed by atoms with Gasteiger partial charge in [0.05, 0.1) is 22.4 Å². The fourth-order valence-corrected chi connectivity index (χ4v) is 4.25. The minimum Gasteiger partial charge on any atom is -0.480 e. The van der Waals surface area contributed by atoms with Crippen LogP contribution in [0.25, 0.3) is 0 Å². The topological polar surface area (TPSA) is 63.7 Å². The molecule has 9 heteroatoms. The van der Waals surface area contributed by atoms with Crippen molar-refractivity contribution in [1.82, 2.24) is 9.88 Å². The van der Waals surface area contributed by atoms with Gasteiger partial charge in [0, 0.05) is 25.0 Å². The molecule has 3 rings (SSSR count). The molecule has 28 heavy (non-hydrogen) atoms. The lowest BCUT2D eigenvalue weighted by Gasteiger charge is -2.34. The highest BCUT2D eigenvalue weighted by atomic mass is 79.9. The molecule has 152 valence electrons. The summed E-state index contributed by atoms with van der Waals surface area (Å²) in [4.78, 5) is 19.2. The van der Waals surface area contributed by atoms with Crippen LogP contribution in [0.2, 0.25) is 0 Å². The standard InChI is InChI=1S/C19H23BrFN3O3S/c1-11-7-24(8-12(2)26-11)9-15-10-28-19(22-15)23-18(25)13(3)27-17-5-4-14(21)6-16(17)20/h4-6,10-13H,7-9H2,1-3H3,(H,22,23,25). The summed E-state index contributed by atoms with van der Waals surface area (Å²) in [6.45, 7) is 8.21. The smallest absolute Gasteiger partial charge is 0.266 e. The first-order valence-corrected chi connectivity index (χ1v) is 10.7. The van der Waals surface area contributed by atoms with Gasteiger partial charge in [-0.2, -0.15) is 0 Å². The summed E-state index contributed by atoms with van der Waals surface area (Å²) in [6.07, 6.45) is -0.356.